The van der Waals surface area contributed by atoms with Gasteiger partial charge in [0.2, 0.25) is 5.43 Å². The molecule has 0 spiro atoms. The molecule has 2 heterocycles. The Labute approximate surface area is 104 Å². The molecule has 1 N–H and O–H groups in total. The largest absolute Gasteiger partial charge is 0.491 e. The molecule has 2 rings (SSSR count). The van der Waals surface area contributed by atoms with Crippen molar-refractivity contribution in [3.05, 3.63) is 28.2 Å². The van der Waals surface area contributed by atoms with E-state index in [-0.39, 0.29) is 17.5 Å². The Hall–Kier alpha value is -1.82. The number of likely N-dealkylation sites (tertiary alicyclic amines) is 1. The van der Waals surface area contributed by atoms with Crippen molar-refractivity contribution in [2.24, 2.45) is 0 Å². The third kappa shape index (κ3) is 2.24. The topological polar surface area (TPSA) is 71.8 Å². The van der Waals surface area contributed by atoms with E-state index in [2.05, 4.69) is 4.90 Å². The summed E-state index contributed by atoms with van der Waals surface area (Å²) in [6.45, 7) is 1.68. The van der Waals surface area contributed by atoms with E-state index >= 15 is 0 Å². The summed E-state index contributed by atoms with van der Waals surface area (Å²) in [7, 11) is 3.39. The van der Waals surface area contributed by atoms with Gasteiger partial charge in [0.1, 0.15) is 5.69 Å². The lowest BCUT2D eigenvalue weighted by Gasteiger charge is -2.18. The number of carboxylic acid groups (broad SMARTS) is 1. The van der Waals surface area contributed by atoms with Gasteiger partial charge in [0, 0.05) is 18.7 Å². The quantitative estimate of drug-likeness (QED) is 0.844. The van der Waals surface area contributed by atoms with Gasteiger partial charge < -0.3 is 19.3 Å². The lowest BCUT2D eigenvalue weighted by atomic mass is 10.2. The SMILES string of the molecule is COc1cn(C2CCN(C)C2)c(C(=O)O)cc1=O. The van der Waals surface area contributed by atoms with Crippen LogP contribution in [0.2, 0.25) is 0 Å². The van der Waals surface area contributed by atoms with Crippen molar-refractivity contribution in [3.63, 3.8) is 0 Å². The fourth-order valence-electron chi connectivity index (χ4n) is 2.30. The summed E-state index contributed by atoms with van der Waals surface area (Å²) in [5.74, 6) is -0.918. The first kappa shape index (κ1) is 12.6. The van der Waals surface area contributed by atoms with E-state index in [4.69, 9.17) is 9.84 Å². The summed E-state index contributed by atoms with van der Waals surface area (Å²) < 4.78 is 6.60. The monoisotopic (exact) mass is 252 g/mol. The molecule has 6 heteroatoms. The molecule has 0 aromatic carbocycles. The molecule has 1 aromatic rings. The van der Waals surface area contributed by atoms with Gasteiger partial charge in [0.25, 0.3) is 0 Å². The second kappa shape index (κ2) is 4.81. The summed E-state index contributed by atoms with van der Waals surface area (Å²) in [4.78, 5) is 24.9. The number of methoxy groups -OCH3 is 1. The summed E-state index contributed by atoms with van der Waals surface area (Å²) in [5, 5.41) is 9.17. The third-order valence-corrected chi connectivity index (χ3v) is 3.24. The first-order valence-corrected chi connectivity index (χ1v) is 5.75. The van der Waals surface area contributed by atoms with Crippen LogP contribution in [0, 0.1) is 0 Å². The van der Waals surface area contributed by atoms with Crippen LogP contribution in [0.25, 0.3) is 0 Å². The van der Waals surface area contributed by atoms with Crippen LogP contribution in [0.15, 0.2) is 17.1 Å². The van der Waals surface area contributed by atoms with Gasteiger partial charge in [-0.3, -0.25) is 4.79 Å². The molecule has 1 unspecified atom stereocenters. The summed E-state index contributed by atoms with van der Waals surface area (Å²) in [6, 6.07) is 1.19. The molecule has 0 amide bonds. The minimum absolute atomic E-state index is 0.0149. The van der Waals surface area contributed by atoms with E-state index in [1.807, 2.05) is 7.05 Å². The predicted octanol–water partition coefficient (Wildman–Crippen LogP) is 0.432. The zero-order valence-corrected chi connectivity index (χ0v) is 10.4. The summed E-state index contributed by atoms with van der Waals surface area (Å²) in [5.41, 5.74) is -0.390. The minimum atomic E-state index is -1.09. The van der Waals surface area contributed by atoms with E-state index < -0.39 is 11.4 Å². The van der Waals surface area contributed by atoms with Gasteiger partial charge in [-0.1, -0.05) is 0 Å². The number of aromatic carboxylic acids is 1. The average Bonchev–Trinajstić information content (AvgIpc) is 2.75. The smallest absolute Gasteiger partial charge is 0.352 e. The molecule has 1 fully saturated rings. The Morgan fingerprint density at radius 1 is 1.56 bits per heavy atom. The van der Waals surface area contributed by atoms with Crippen molar-refractivity contribution < 1.29 is 14.6 Å². The fraction of sp³-hybridized carbons (Fsp3) is 0.500. The van der Waals surface area contributed by atoms with E-state index in [9.17, 15) is 9.59 Å². The molecular weight excluding hydrogens is 236 g/mol. The van der Waals surface area contributed by atoms with Crippen LogP contribution >= 0.6 is 0 Å². The molecule has 0 bridgehead atoms. The van der Waals surface area contributed by atoms with E-state index in [0.29, 0.717) is 0 Å². The second-order valence-electron chi connectivity index (χ2n) is 4.51. The Bertz CT molecular complexity index is 523. The highest BCUT2D eigenvalue weighted by Gasteiger charge is 2.25. The normalized spacial score (nSPS) is 20.0. The molecule has 98 valence electrons. The van der Waals surface area contributed by atoms with E-state index in [1.54, 1.807) is 4.57 Å². The van der Waals surface area contributed by atoms with Gasteiger partial charge >= 0.3 is 5.97 Å². The van der Waals surface area contributed by atoms with Gasteiger partial charge in [-0.05, 0) is 20.0 Å². The van der Waals surface area contributed by atoms with Crippen LogP contribution < -0.4 is 10.2 Å². The minimum Gasteiger partial charge on any atom is -0.491 e. The van der Waals surface area contributed by atoms with Crippen molar-refractivity contribution in [3.8, 4) is 5.75 Å². The van der Waals surface area contributed by atoms with Crippen LogP contribution in [-0.2, 0) is 0 Å². The summed E-state index contributed by atoms with van der Waals surface area (Å²) in [6.07, 6.45) is 2.36. The number of likely N-dealkylation sites (N-methyl/N-ethyl adjacent to an activating group) is 1. The molecule has 1 aliphatic heterocycles. The first-order valence-electron chi connectivity index (χ1n) is 5.75. The number of ether oxygens (including phenoxy) is 1. The number of nitrogens with zero attached hydrogens (tertiary/aromatic N) is 2. The highest BCUT2D eigenvalue weighted by Crippen LogP contribution is 2.23. The highest BCUT2D eigenvalue weighted by atomic mass is 16.5. The number of aromatic nitrogens is 1. The predicted molar refractivity (Wildman–Crippen MR) is 65.4 cm³/mol. The molecule has 18 heavy (non-hydrogen) atoms. The Balaban J connectivity index is 2.49. The second-order valence-corrected chi connectivity index (χ2v) is 4.51. The van der Waals surface area contributed by atoms with Crippen LogP contribution in [0.1, 0.15) is 23.0 Å². The molecule has 1 atom stereocenters. The van der Waals surface area contributed by atoms with Crippen LogP contribution in [0.3, 0.4) is 0 Å². The molecule has 1 saturated heterocycles. The number of rotatable bonds is 3. The number of pyridine rings is 1. The van der Waals surface area contributed by atoms with Gasteiger partial charge in [-0.25, -0.2) is 4.79 Å². The maximum Gasteiger partial charge on any atom is 0.352 e. The molecule has 0 aliphatic carbocycles. The highest BCUT2D eigenvalue weighted by molar-refractivity contribution is 5.85. The van der Waals surface area contributed by atoms with Crippen LogP contribution in [0.4, 0.5) is 0 Å². The number of hydrogen-bond acceptors (Lipinski definition) is 4. The fourth-order valence-corrected chi connectivity index (χ4v) is 2.30. The van der Waals surface area contributed by atoms with Crippen LogP contribution in [-0.4, -0.2) is 47.8 Å². The van der Waals surface area contributed by atoms with Crippen molar-refractivity contribution in [1.29, 1.82) is 0 Å². The van der Waals surface area contributed by atoms with Gasteiger partial charge in [-0.15, -0.1) is 0 Å². The zero-order valence-electron chi connectivity index (χ0n) is 10.4. The number of hydrogen-bond donors (Lipinski definition) is 1. The maximum atomic E-state index is 11.6. The molecule has 1 aliphatic rings. The average molecular weight is 252 g/mol. The Kier molecular flexibility index (Phi) is 3.38. The van der Waals surface area contributed by atoms with Crippen LogP contribution in [0.5, 0.6) is 5.75 Å². The first-order chi connectivity index (χ1) is 8.52. The number of carboxylic acids is 1. The van der Waals surface area contributed by atoms with Crippen molar-refractivity contribution in [2.75, 3.05) is 27.2 Å². The third-order valence-electron chi connectivity index (χ3n) is 3.24. The van der Waals surface area contributed by atoms with Gasteiger partial charge in [-0.2, -0.15) is 0 Å². The van der Waals surface area contributed by atoms with E-state index in [1.165, 1.54) is 13.3 Å². The standard InChI is InChI=1S/C12H16N2O4/c1-13-4-3-8(6-13)14-7-11(18-2)10(15)5-9(14)12(16)17/h5,7-8H,3-4,6H2,1-2H3,(H,16,17). The summed E-state index contributed by atoms with van der Waals surface area (Å²) >= 11 is 0. The Morgan fingerprint density at radius 2 is 2.28 bits per heavy atom. The molecule has 0 saturated carbocycles. The molecule has 1 aromatic heterocycles. The maximum absolute atomic E-state index is 11.6. The molecule has 6 nitrogen and oxygen atoms in total. The van der Waals surface area contributed by atoms with Crippen molar-refractivity contribution in [2.45, 2.75) is 12.5 Å². The van der Waals surface area contributed by atoms with Gasteiger partial charge in [0.05, 0.1) is 13.3 Å². The lowest BCUT2D eigenvalue weighted by Crippen LogP contribution is -2.23. The molecule has 0 radical (unpaired) electrons. The molecular formula is C12H16N2O4. The zero-order chi connectivity index (χ0) is 13.3. The van der Waals surface area contributed by atoms with Crippen molar-refractivity contribution in [1.82, 2.24) is 9.47 Å². The van der Waals surface area contributed by atoms with Gasteiger partial charge in [0.15, 0.2) is 5.75 Å². The van der Waals surface area contributed by atoms with E-state index in [0.717, 1.165) is 25.6 Å². The Morgan fingerprint density at radius 3 is 2.78 bits per heavy atom. The number of carbonyl (C=O) groups is 1. The van der Waals surface area contributed by atoms with Crippen molar-refractivity contribution >= 4 is 5.97 Å². The lowest BCUT2D eigenvalue weighted by molar-refractivity contribution is 0.0681.